The number of aliphatic hydroxyl groups excluding tert-OH is 1. The maximum atomic E-state index is 12.4. The highest BCUT2D eigenvalue weighted by Crippen LogP contribution is 2.22. The lowest BCUT2D eigenvalue weighted by atomic mass is 10.2. The molecule has 2 N–H and O–H groups in total. The van der Waals surface area contributed by atoms with Crippen LogP contribution in [0.4, 0.5) is 18.9 Å². The van der Waals surface area contributed by atoms with Crippen LogP contribution in [0.1, 0.15) is 18.7 Å². The van der Waals surface area contributed by atoms with Gasteiger partial charge in [0.1, 0.15) is 6.54 Å². The molecule has 0 aliphatic rings. The van der Waals surface area contributed by atoms with Gasteiger partial charge in [0.15, 0.2) is 0 Å². The first-order valence-corrected chi connectivity index (χ1v) is 5.93. The number of hydrogen-bond acceptors (Lipinski definition) is 4. The number of halogens is 3. The summed E-state index contributed by atoms with van der Waals surface area (Å²) in [6.45, 7) is 0.381. The normalized spacial score (nSPS) is 13.4. The van der Waals surface area contributed by atoms with Gasteiger partial charge in [-0.15, -0.1) is 0 Å². The Morgan fingerprint density at radius 2 is 2.11 bits per heavy atom. The summed E-state index contributed by atoms with van der Waals surface area (Å²) < 4.78 is 37.3. The molecule has 1 unspecified atom stereocenters. The number of rotatable bonds is 6. The average molecular weight is 277 g/mol. The van der Waals surface area contributed by atoms with Crippen molar-refractivity contribution in [1.29, 1.82) is 0 Å². The molecule has 0 saturated heterocycles. The van der Waals surface area contributed by atoms with E-state index in [0.29, 0.717) is 5.69 Å². The van der Waals surface area contributed by atoms with Crippen molar-refractivity contribution in [1.82, 2.24) is 10.3 Å². The predicted molar refractivity (Wildman–Crippen MR) is 67.1 cm³/mol. The van der Waals surface area contributed by atoms with Gasteiger partial charge in [-0.1, -0.05) is 0 Å². The zero-order chi connectivity index (χ0) is 14.5. The summed E-state index contributed by atoms with van der Waals surface area (Å²) in [4.78, 5) is 5.19. The van der Waals surface area contributed by atoms with Gasteiger partial charge in [-0.3, -0.25) is 4.98 Å². The highest BCUT2D eigenvalue weighted by atomic mass is 19.4. The molecule has 1 atom stereocenters. The monoisotopic (exact) mass is 277 g/mol. The molecule has 4 nitrogen and oxygen atoms in total. The third-order valence-corrected chi connectivity index (χ3v) is 2.75. The number of nitrogens with one attached hydrogen (secondary N) is 1. The first-order chi connectivity index (χ1) is 8.87. The van der Waals surface area contributed by atoms with Crippen molar-refractivity contribution in [3.05, 3.63) is 24.0 Å². The summed E-state index contributed by atoms with van der Waals surface area (Å²) in [5, 5.41) is 11.8. The van der Waals surface area contributed by atoms with E-state index in [4.69, 9.17) is 5.11 Å². The quantitative estimate of drug-likeness (QED) is 0.831. The molecule has 0 spiro atoms. The predicted octanol–water partition coefficient (Wildman–Crippen LogP) is 1.72. The van der Waals surface area contributed by atoms with E-state index in [-0.39, 0.29) is 19.2 Å². The Labute approximate surface area is 110 Å². The fourth-order valence-electron chi connectivity index (χ4n) is 1.63. The Hall–Kier alpha value is -1.34. The van der Waals surface area contributed by atoms with E-state index in [2.05, 4.69) is 10.3 Å². The number of hydrogen-bond donors (Lipinski definition) is 2. The van der Waals surface area contributed by atoms with Gasteiger partial charge in [0.2, 0.25) is 0 Å². The zero-order valence-electron chi connectivity index (χ0n) is 10.9. The van der Waals surface area contributed by atoms with Crippen LogP contribution < -0.4 is 10.2 Å². The maximum absolute atomic E-state index is 12.4. The van der Waals surface area contributed by atoms with E-state index in [9.17, 15) is 13.2 Å². The van der Waals surface area contributed by atoms with Crippen molar-refractivity contribution >= 4 is 5.69 Å². The van der Waals surface area contributed by atoms with Gasteiger partial charge in [-0.2, -0.15) is 13.2 Å². The molecule has 1 aromatic rings. The van der Waals surface area contributed by atoms with Crippen molar-refractivity contribution in [2.75, 3.05) is 31.6 Å². The number of alkyl halides is 3. The molecular formula is C12H18F3N3O. The van der Waals surface area contributed by atoms with Crippen molar-refractivity contribution < 1.29 is 18.3 Å². The molecule has 19 heavy (non-hydrogen) atoms. The lowest BCUT2D eigenvalue weighted by molar-refractivity contribution is -0.119. The Balaban J connectivity index is 2.85. The molecule has 1 heterocycles. The van der Waals surface area contributed by atoms with Crippen LogP contribution in [0.3, 0.4) is 0 Å². The fraction of sp³-hybridized carbons (Fsp3) is 0.583. The van der Waals surface area contributed by atoms with E-state index in [1.807, 2.05) is 6.92 Å². The van der Waals surface area contributed by atoms with Crippen LogP contribution in [0.25, 0.3) is 0 Å². The van der Waals surface area contributed by atoms with Gasteiger partial charge in [0.25, 0.3) is 0 Å². The van der Waals surface area contributed by atoms with Gasteiger partial charge in [0.05, 0.1) is 24.2 Å². The summed E-state index contributed by atoms with van der Waals surface area (Å²) in [6.07, 6.45) is -2.92. The van der Waals surface area contributed by atoms with Gasteiger partial charge >= 0.3 is 6.18 Å². The second kappa shape index (κ2) is 6.72. The largest absolute Gasteiger partial charge is 0.405 e. The number of anilines is 1. The number of aliphatic hydroxyl groups is 1. The maximum Gasteiger partial charge on any atom is 0.405 e. The Morgan fingerprint density at radius 1 is 1.42 bits per heavy atom. The standard InChI is InChI=1S/C12H18F3N3O/c1-9(16-2)11-4-3-10(7-17-11)18(5-6-19)8-12(13,14)15/h3-4,7,9,16,19H,5-6,8H2,1-2H3. The van der Waals surface area contributed by atoms with Crippen LogP contribution in [0, 0.1) is 0 Å². The summed E-state index contributed by atoms with van der Waals surface area (Å²) in [5.41, 5.74) is 1.10. The van der Waals surface area contributed by atoms with Crippen molar-refractivity contribution in [3.63, 3.8) is 0 Å². The molecule has 1 rings (SSSR count). The number of nitrogens with zero attached hydrogens (tertiary/aromatic N) is 2. The van der Waals surface area contributed by atoms with Gasteiger partial charge in [-0.25, -0.2) is 0 Å². The first kappa shape index (κ1) is 15.7. The average Bonchev–Trinajstić information content (AvgIpc) is 2.36. The molecule has 0 aliphatic heterocycles. The highest BCUT2D eigenvalue weighted by molar-refractivity contribution is 5.45. The minimum Gasteiger partial charge on any atom is -0.395 e. The first-order valence-electron chi connectivity index (χ1n) is 5.93. The molecule has 108 valence electrons. The molecule has 7 heteroatoms. The van der Waals surface area contributed by atoms with E-state index in [1.54, 1.807) is 19.2 Å². The topological polar surface area (TPSA) is 48.4 Å². The van der Waals surface area contributed by atoms with Gasteiger partial charge < -0.3 is 15.3 Å². The third-order valence-electron chi connectivity index (χ3n) is 2.75. The minimum absolute atomic E-state index is 0.0305. The summed E-state index contributed by atoms with van der Waals surface area (Å²) in [7, 11) is 1.78. The lowest BCUT2D eigenvalue weighted by Crippen LogP contribution is -2.36. The zero-order valence-corrected chi connectivity index (χ0v) is 10.9. The van der Waals surface area contributed by atoms with E-state index >= 15 is 0 Å². The second-order valence-corrected chi connectivity index (χ2v) is 4.21. The Kier molecular flexibility index (Phi) is 5.56. The van der Waals surface area contributed by atoms with E-state index in [0.717, 1.165) is 10.6 Å². The third kappa shape index (κ3) is 5.04. The minimum atomic E-state index is -4.31. The molecule has 0 radical (unpaired) electrons. The van der Waals surface area contributed by atoms with Gasteiger partial charge in [0, 0.05) is 12.6 Å². The number of aromatic nitrogens is 1. The van der Waals surface area contributed by atoms with Crippen molar-refractivity contribution in [3.8, 4) is 0 Å². The molecule has 0 bridgehead atoms. The highest BCUT2D eigenvalue weighted by Gasteiger charge is 2.30. The van der Waals surface area contributed by atoms with Crippen LogP contribution in [0.15, 0.2) is 18.3 Å². The fourth-order valence-corrected chi connectivity index (χ4v) is 1.63. The lowest BCUT2D eigenvalue weighted by Gasteiger charge is -2.25. The number of pyridine rings is 1. The smallest absolute Gasteiger partial charge is 0.395 e. The van der Waals surface area contributed by atoms with Crippen LogP contribution in [0.2, 0.25) is 0 Å². The van der Waals surface area contributed by atoms with E-state index in [1.165, 1.54) is 6.20 Å². The summed E-state index contributed by atoms with van der Waals surface area (Å²) in [5.74, 6) is 0. The van der Waals surface area contributed by atoms with E-state index < -0.39 is 12.7 Å². The Bertz CT molecular complexity index is 381. The molecule has 0 aliphatic carbocycles. The molecule has 0 amide bonds. The van der Waals surface area contributed by atoms with Crippen molar-refractivity contribution in [2.24, 2.45) is 0 Å². The Morgan fingerprint density at radius 3 is 2.53 bits per heavy atom. The van der Waals surface area contributed by atoms with Crippen LogP contribution in [-0.2, 0) is 0 Å². The molecule has 0 fully saturated rings. The van der Waals surface area contributed by atoms with Crippen LogP contribution >= 0.6 is 0 Å². The molecule has 1 aromatic heterocycles. The second-order valence-electron chi connectivity index (χ2n) is 4.21. The van der Waals surface area contributed by atoms with Crippen LogP contribution in [0.5, 0.6) is 0 Å². The summed E-state index contributed by atoms with van der Waals surface area (Å²) in [6, 6.07) is 3.29. The van der Waals surface area contributed by atoms with Crippen LogP contribution in [-0.4, -0.2) is 43.0 Å². The molecular weight excluding hydrogens is 259 g/mol. The SMILES string of the molecule is CNC(C)c1ccc(N(CCO)CC(F)(F)F)cn1. The summed E-state index contributed by atoms with van der Waals surface area (Å²) >= 11 is 0. The molecule has 0 aromatic carbocycles. The molecule has 0 saturated carbocycles. The van der Waals surface area contributed by atoms with Gasteiger partial charge in [-0.05, 0) is 26.1 Å². The van der Waals surface area contributed by atoms with Crippen molar-refractivity contribution in [2.45, 2.75) is 19.1 Å².